The number of amides is 1. The number of hydrogen-bond acceptors (Lipinski definition) is 2. The topological polar surface area (TPSA) is 38.3 Å². The second-order valence-corrected chi connectivity index (χ2v) is 6.11. The first-order valence-corrected chi connectivity index (χ1v) is 8.80. The molecular weight excluding hydrogens is 298 g/mol. The molecule has 24 heavy (non-hydrogen) atoms. The predicted molar refractivity (Wildman–Crippen MR) is 99.8 cm³/mol. The highest BCUT2D eigenvalue weighted by atomic mass is 16.5. The molecule has 0 aliphatic carbocycles. The van der Waals surface area contributed by atoms with Gasteiger partial charge in [-0.25, -0.2) is 0 Å². The Morgan fingerprint density at radius 2 is 1.58 bits per heavy atom. The van der Waals surface area contributed by atoms with Crippen molar-refractivity contribution < 1.29 is 9.53 Å². The van der Waals surface area contributed by atoms with Crippen LogP contribution in [-0.4, -0.2) is 12.5 Å². The second-order valence-electron chi connectivity index (χ2n) is 6.11. The van der Waals surface area contributed by atoms with Crippen LogP contribution in [0.4, 0.5) is 5.69 Å². The number of hydrogen-bond donors (Lipinski definition) is 1. The third-order valence-corrected chi connectivity index (χ3v) is 3.94. The van der Waals surface area contributed by atoms with E-state index < -0.39 is 0 Å². The van der Waals surface area contributed by atoms with Gasteiger partial charge in [-0.15, -0.1) is 0 Å². The van der Waals surface area contributed by atoms with Crippen molar-refractivity contribution in [2.75, 3.05) is 11.9 Å². The number of carbonyl (C=O) groups is 1. The zero-order valence-electron chi connectivity index (χ0n) is 14.7. The van der Waals surface area contributed by atoms with Gasteiger partial charge in [0.1, 0.15) is 5.75 Å². The van der Waals surface area contributed by atoms with Crippen molar-refractivity contribution in [3.8, 4) is 5.75 Å². The Morgan fingerprint density at radius 3 is 2.25 bits per heavy atom. The van der Waals surface area contributed by atoms with E-state index in [0.29, 0.717) is 5.56 Å². The number of rotatable bonds is 9. The van der Waals surface area contributed by atoms with Crippen LogP contribution in [0.25, 0.3) is 0 Å². The average molecular weight is 325 g/mol. The molecule has 0 saturated heterocycles. The molecule has 0 fully saturated rings. The summed E-state index contributed by atoms with van der Waals surface area (Å²) in [6.07, 6.45) is 6.15. The molecule has 128 valence electrons. The fourth-order valence-electron chi connectivity index (χ4n) is 2.44. The molecule has 1 N–H and O–H groups in total. The summed E-state index contributed by atoms with van der Waals surface area (Å²) in [6, 6.07) is 15.1. The maximum atomic E-state index is 12.2. The molecule has 3 heteroatoms. The van der Waals surface area contributed by atoms with Gasteiger partial charge in [0.2, 0.25) is 0 Å². The number of ether oxygens (including phenoxy) is 1. The first-order valence-electron chi connectivity index (χ1n) is 8.80. The van der Waals surface area contributed by atoms with E-state index in [4.69, 9.17) is 4.74 Å². The lowest BCUT2D eigenvalue weighted by molar-refractivity contribution is 0.102. The van der Waals surface area contributed by atoms with E-state index in [1.54, 1.807) is 0 Å². The summed E-state index contributed by atoms with van der Waals surface area (Å²) >= 11 is 0. The third-order valence-electron chi connectivity index (χ3n) is 3.94. The molecule has 2 aromatic rings. The van der Waals surface area contributed by atoms with Gasteiger partial charge in [-0.1, -0.05) is 50.3 Å². The molecule has 0 bridgehead atoms. The smallest absolute Gasteiger partial charge is 0.255 e. The van der Waals surface area contributed by atoms with Gasteiger partial charge in [-0.05, 0) is 49.7 Å². The van der Waals surface area contributed by atoms with Crippen molar-refractivity contribution in [2.45, 2.75) is 46.0 Å². The van der Waals surface area contributed by atoms with E-state index in [1.807, 2.05) is 55.5 Å². The maximum Gasteiger partial charge on any atom is 0.255 e. The lowest BCUT2D eigenvalue weighted by atomic mass is 10.1. The van der Waals surface area contributed by atoms with E-state index in [1.165, 1.54) is 25.7 Å². The quantitative estimate of drug-likeness (QED) is 0.610. The van der Waals surface area contributed by atoms with E-state index in [-0.39, 0.29) is 5.91 Å². The molecule has 0 saturated carbocycles. The van der Waals surface area contributed by atoms with Crippen LogP contribution in [-0.2, 0) is 0 Å². The molecular formula is C21H27NO2. The van der Waals surface area contributed by atoms with Crippen LogP contribution < -0.4 is 10.1 Å². The standard InChI is InChI=1S/C21H27NO2/c1-3-4-5-6-7-16-24-20-14-12-19(13-15-20)22-21(23)18-10-8-17(2)9-11-18/h8-15H,3-7,16H2,1-2H3,(H,22,23). The monoisotopic (exact) mass is 325 g/mol. The molecule has 0 spiro atoms. The molecule has 0 heterocycles. The molecule has 0 atom stereocenters. The summed E-state index contributed by atoms with van der Waals surface area (Å²) in [5.74, 6) is 0.749. The maximum absolute atomic E-state index is 12.2. The third kappa shape index (κ3) is 6.07. The molecule has 0 radical (unpaired) electrons. The van der Waals surface area contributed by atoms with E-state index >= 15 is 0 Å². The van der Waals surface area contributed by atoms with Gasteiger partial charge < -0.3 is 10.1 Å². The Bertz CT molecular complexity index is 617. The van der Waals surface area contributed by atoms with Gasteiger partial charge in [0.15, 0.2) is 0 Å². The zero-order valence-corrected chi connectivity index (χ0v) is 14.7. The Morgan fingerprint density at radius 1 is 0.917 bits per heavy atom. The van der Waals surface area contributed by atoms with Gasteiger partial charge >= 0.3 is 0 Å². The van der Waals surface area contributed by atoms with E-state index in [0.717, 1.165) is 30.0 Å². The van der Waals surface area contributed by atoms with Crippen molar-refractivity contribution in [1.29, 1.82) is 0 Å². The van der Waals surface area contributed by atoms with Gasteiger partial charge in [-0.2, -0.15) is 0 Å². The summed E-state index contributed by atoms with van der Waals surface area (Å²) < 4.78 is 5.73. The minimum atomic E-state index is -0.0976. The van der Waals surface area contributed by atoms with Crippen LogP contribution in [0.5, 0.6) is 5.75 Å². The predicted octanol–water partition coefficient (Wildman–Crippen LogP) is 5.60. The lowest BCUT2D eigenvalue weighted by Crippen LogP contribution is -2.11. The second kappa shape index (κ2) is 9.76. The highest BCUT2D eigenvalue weighted by molar-refractivity contribution is 6.04. The molecule has 0 unspecified atom stereocenters. The first kappa shape index (κ1) is 18.1. The van der Waals surface area contributed by atoms with Crippen molar-refractivity contribution >= 4 is 11.6 Å². The van der Waals surface area contributed by atoms with Crippen molar-refractivity contribution in [3.63, 3.8) is 0 Å². The number of aryl methyl sites for hydroxylation is 1. The Hall–Kier alpha value is -2.29. The number of unbranched alkanes of at least 4 members (excludes halogenated alkanes) is 4. The Labute approximate surface area is 145 Å². The van der Waals surface area contributed by atoms with Gasteiger partial charge in [0.25, 0.3) is 5.91 Å². The highest BCUT2D eigenvalue weighted by Crippen LogP contribution is 2.17. The summed E-state index contributed by atoms with van der Waals surface area (Å²) in [4.78, 5) is 12.2. The van der Waals surface area contributed by atoms with Crippen LogP contribution in [0.15, 0.2) is 48.5 Å². The Balaban J connectivity index is 1.77. The Kier molecular flexibility index (Phi) is 7.34. The highest BCUT2D eigenvalue weighted by Gasteiger charge is 2.05. The normalized spacial score (nSPS) is 10.4. The average Bonchev–Trinajstić information content (AvgIpc) is 2.60. The summed E-state index contributed by atoms with van der Waals surface area (Å²) in [6.45, 7) is 4.97. The molecule has 0 aliphatic heterocycles. The van der Waals surface area contributed by atoms with Gasteiger partial charge in [0.05, 0.1) is 6.61 Å². The molecule has 0 aliphatic rings. The number of nitrogens with one attached hydrogen (secondary N) is 1. The summed E-state index contributed by atoms with van der Waals surface area (Å²) in [5, 5.41) is 2.90. The van der Waals surface area contributed by atoms with Crippen LogP contribution in [0.3, 0.4) is 0 Å². The van der Waals surface area contributed by atoms with Gasteiger partial charge in [0, 0.05) is 11.3 Å². The van der Waals surface area contributed by atoms with Crippen LogP contribution in [0, 0.1) is 6.92 Å². The van der Waals surface area contributed by atoms with Crippen molar-refractivity contribution in [3.05, 3.63) is 59.7 Å². The SMILES string of the molecule is CCCCCCCOc1ccc(NC(=O)c2ccc(C)cc2)cc1. The van der Waals surface area contributed by atoms with E-state index in [9.17, 15) is 4.79 Å². The molecule has 1 amide bonds. The molecule has 2 aromatic carbocycles. The molecule has 3 nitrogen and oxygen atoms in total. The van der Waals surface area contributed by atoms with Crippen LogP contribution in [0.1, 0.15) is 54.9 Å². The number of carbonyl (C=O) groups excluding carboxylic acids is 1. The van der Waals surface area contributed by atoms with Gasteiger partial charge in [-0.3, -0.25) is 4.79 Å². The van der Waals surface area contributed by atoms with Crippen LogP contribution >= 0.6 is 0 Å². The molecule has 0 aromatic heterocycles. The largest absolute Gasteiger partial charge is 0.494 e. The summed E-state index contributed by atoms with van der Waals surface area (Å²) in [7, 11) is 0. The minimum absolute atomic E-state index is 0.0976. The van der Waals surface area contributed by atoms with Crippen LogP contribution in [0.2, 0.25) is 0 Å². The first-order chi connectivity index (χ1) is 11.7. The van der Waals surface area contributed by atoms with E-state index in [2.05, 4.69) is 12.2 Å². The minimum Gasteiger partial charge on any atom is -0.494 e. The number of anilines is 1. The fraction of sp³-hybridized carbons (Fsp3) is 0.381. The lowest BCUT2D eigenvalue weighted by Gasteiger charge is -2.08. The fourth-order valence-corrected chi connectivity index (χ4v) is 2.44. The van der Waals surface area contributed by atoms with Crippen molar-refractivity contribution in [1.82, 2.24) is 0 Å². The zero-order chi connectivity index (χ0) is 17.2. The summed E-state index contributed by atoms with van der Waals surface area (Å²) in [5.41, 5.74) is 2.58. The van der Waals surface area contributed by atoms with Crippen molar-refractivity contribution in [2.24, 2.45) is 0 Å². The molecule has 2 rings (SSSR count). The number of benzene rings is 2.